The summed E-state index contributed by atoms with van der Waals surface area (Å²) in [6.45, 7) is 0. The Morgan fingerprint density at radius 1 is 1.04 bits per heavy atom. The smallest absolute Gasteiger partial charge is 0.314 e. The number of hydrogen-bond acceptors (Lipinski definition) is 1. The van der Waals surface area contributed by atoms with Crippen LogP contribution >= 0.6 is 0 Å². The molecule has 0 aliphatic rings. The number of rotatable bonds is 3. The SMILES string of the molecule is O=C(N/C=C/c1cccc(F)c1)Nc1ccccc1C(F)(F)F. The van der Waals surface area contributed by atoms with Gasteiger partial charge in [0.05, 0.1) is 11.3 Å². The van der Waals surface area contributed by atoms with Gasteiger partial charge < -0.3 is 10.6 Å². The maximum atomic E-state index is 13.0. The van der Waals surface area contributed by atoms with Gasteiger partial charge in [-0.25, -0.2) is 9.18 Å². The molecule has 0 heterocycles. The summed E-state index contributed by atoms with van der Waals surface area (Å²) in [5.74, 6) is -0.435. The zero-order valence-corrected chi connectivity index (χ0v) is 11.7. The van der Waals surface area contributed by atoms with E-state index in [2.05, 4.69) is 10.6 Å². The van der Waals surface area contributed by atoms with Crippen LogP contribution in [-0.4, -0.2) is 6.03 Å². The van der Waals surface area contributed by atoms with Gasteiger partial charge in [0.15, 0.2) is 0 Å². The van der Waals surface area contributed by atoms with E-state index in [1.54, 1.807) is 6.07 Å². The predicted octanol–water partition coefficient (Wildman–Crippen LogP) is 4.64. The van der Waals surface area contributed by atoms with Crippen LogP contribution in [0.1, 0.15) is 11.1 Å². The van der Waals surface area contributed by atoms with E-state index in [-0.39, 0.29) is 5.69 Å². The fourth-order valence-electron chi connectivity index (χ4n) is 1.82. The van der Waals surface area contributed by atoms with Crippen LogP contribution in [0.4, 0.5) is 28.0 Å². The Hall–Kier alpha value is -2.83. The molecule has 0 spiro atoms. The Kier molecular flexibility index (Phi) is 5.00. The van der Waals surface area contributed by atoms with Crippen LogP contribution in [0.5, 0.6) is 0 Å². The van der Waals surface area contributed by atoms with Crippen molar-refractivity contribution >= 4 is 17.8 Å². The Morgan fingerprint density at radius 3 is 2.48 bits per heavy atom. The van der Waals surface area contributed by atoms with Gasteiger partial charge >= 0.3 is 12.2 Å². The molecule has 0 radical (unpaired) electrons. The highest BCUT2D eigenvalue weighted by Crippen LogP contribution is 2.34. The first-order valence-electron chi connectivity index (χ1n) is 6.52. The molecule has 2 aromatic carbocycles. The first kappa shape index (κ1) is 16.5. The van der Waals surface area contributed by atoms with Gasteiger partial charge in [-0.3, -0.25) is 0 Å². The third-order valence-corrected chi connectivity index (χ3v) is 2.82. The quantitative estimate of drug-likeness (QED) is 0.794. The van der Waals surface area contributed by atoms with Crippen LogP contribution in [0.15, 0.2) is 54.7 Å². The topological polar surface area (TPSA) is 41.1 Å². The summed E-state index contributed by atoms with van der Waals surface area (Å²) in [5.41, 5.74) is -0.790. The number of halogens is 4. The number of amides is 2. The molecule has 0 fully saturated rings. The first-order chi connectivity index (χ1) is 10.9. The third-order valence-electron chi connectivity index (χ3n) is 2.82. The van der Waals surface area contributed by atoms with Gasteiger partial charge in [0.1, 0.15) is 5.82 Å². The number of alkyl halides is 3. The minimum atomic E-state index is -4.57. The lowest BCUT2D eigenvalue weighted by Crippen LogP contribution is -2.25. The molecule has 0 atom stereocenters. The third kappa shape index (κ3) is 4.84. The zero-order chi connectivity index (χ0) is 16.9. The van der Waals surface area contributed by atoms with Gasteiger partial charge in [-0.05, 0) is 35.9 Å². The number of nitrogens with one attached hydrogen (secondary N) is 2. The van der Waals surface area contributed by atoms with Crippen molar-refractivity contribution in [1.29, 1.82) is 0 Å². The fraction of sp³-hybridized carbons (Fsp3) is 0.0625. The van der Waals surface area contributed by atoms with E-state index in [4.69, 9.17) is 0 Å². The second kappa shape index (κ2) is 6.95. The van der Waals surface area contributed by atoms with Crippen molar-refractivity contribution in [3.63, 3.8) is 0 Å². The Labute approximate surface area is 129 Å². The molecule has 0 aromatic heterocycles. The summed E-state index contributed by atoms with van der Waals surface area (Å²) in [5, 5.41) is 4.38. The van der Waals surface area contributed by atoms with Gasteiger partial charge in [-0.1, -0.05) is 24.3 Å². The Balaban J connectivity index is 2.01. The summed E-state index contributed by atoms with van der Waals surface area (Å²) in [4.78, 5) is 11.6. The molecule has 2 N–H and O–H groups in total. The van der Waals surface area contributed by atoms with Gasteiger partial charge in [0.25, 0.3) is 0 Å². The standard InChI is InChI=1S/C16H12F4N2O/c17-12-5-3-4-11(10-12)8-9-21-15(23)22-14-7-2-1-6-13(14)16(18,19)20/h1-10H,(H2,21,22,23)/b9-8+. The monoisotopic (exact) mass is 324 g/mol. The lowest BCUT2D eigenvalue weighted by atomic mass is 10.1. The number of hydrogen-bond donors (Lipinski definition) is 2. The molecule has 0 aliphatic carbocycles. The van der Waals surface area contributed by atoms with Crippen LogP contribution in [-0.2, 0) is 6.18 Å². The second-order valence-corrected chi connectivity index (χ2v) is 4.53. The van der Waals surface area contributed by atoms with Gasteiger partial charge in [-0.2, -0.15) is 13.2 Å². The fourth-order valence-corrected chi connectivity index (χ4v) is 1.82. The van der Waals surface area contributed by atoms with E-state index >= 15 is 0 Å². The van der Waals surface area contributed by atoms with Crippen LogP contribution in [0.2, 0.25) is 0 Å². The summed E-state index contributed by atoms with van der Waals surface area (Å²) < 4.78 is 51.3. The largest absolute Gasteiger partial charge is 0.418 e. The van der Waals surface area contributed by atoms with E-state index in [0.717, 1.165) is 12.1 Å². The molecule has 7 heteroatoms. The zero-order valence-electron chi connectivity index (χ0n) is 11.7. The van der Waals surface area contributed by atoms with Crippen LogP contribution < -0.4 is 10.6 Å². The average molecular weight is 324 g/mol. The summed E-state index contributed by atoms with van der Waals surface area (Å²) in [7, 11) is 0. The highest BCUT2D eigenvalue weighted by Gasteiger charge is 2.33. The molecule has 3 nitrogen and oxygen atoms in total. The van der Waals surface area contributed by atoms with E-state index < -0.39 is 23.6 Å². The molecule has 2 amide bonds. The van der Waals surface area contributed by atoms with Crippen molar-refractivity contribution in [2.45, 2.75) is 6.18 Å². The number of anilines is 1. The van der Waals surface area contributed by atoms with Crippen molar-refractivity contribution in [3.8, 4) is 0 Å². The number of urea groups is 1. The van der Waals surface area contributed by atoms with E-state index in [1.807, 2.05) is 0 Å². The number of carbonyl (C=O) groups excluding carboxylic acids is 1. The summed E-state index contributed by atoms with van der Waals surface area (Å²) in [6, 6.07) is 9.42. The van der Waals surface area contributed by atoms with E-state index in [1.165, 1.54) is 42.6 Å². The number of carbonyl (C=O) groups is 1. The second-order valence-electron chi connectivity index (χ2n) is 4.53. The van der Waals surface area contributed by atoms with Gasteiger partial charge in [0, 0.05) is 6.20 Å². The highest BCUT2D eigenvalue weighted by molar-refractivity contribution is 5.91. The minimum Gasteiger partial charge on any atom is -0.314 e. The maximum absolute atomic E-state index is 13.0. The molecular formula is C16H12F4N2O. The molecule has 120 valence electrons. The van der Waals surface area contributed by atoms with Gasteiger partial charge in [0.2, 0.25) is 0 Å². The molecule has 0 unspecified atom stereocenters. The minimum absolute atomic E-state index is 0.350. The molecule has 23 heavy (non-hydrogen) atoms. The van der Waals surface area contributed by atoms with Crippen molar-refractivity contribution in [1.82, 2.24) is 5.32 Å². The van der Waals surface area contributed by atoms with E-state index in [0.29, 0.717) is 5.56 Å². The first-order valence-corrected chi connectivity index (χ1v) is 6.52. The van der Waals surface area contributed by atoms with Crippen molar-refractivity contribution < 1.29 is 22.4 Å². The average Bonchev–Trinajstić information content (AvgIpc) is 2.47. The summed E-state index contributed by atoms with van der Waals surface area (Å²) in [6.07, 6.45) is -1.94. The molecule has 0 bridgehead atoms. The van der Waals surface area contributed by atoms with Crippen LogP contribution in [0.3, 0.4) is 0 Å². The predicted molar refractivity (Wildman–Crippen MR) is 79.0 cm³/mol. The molecule has 0 saturated heterocycles. The van der Waals surface area contributed by atoms with Crippen molar-refractivity contribution in [2.24, 2.45) is 0 Å². The highest BCUT2D eigenvalue weighted by atomic mass is 19.4. The Bertz CT molecular complexity index is 726. The molecule has 0 aliphatic heterocycles. The lowest BCUT2D eigenvalue weighted by molar-refractivity contribution is -0.136. The summed E-state index contributed by atoms with van der Waals surface area (Å²) >= 11 is 0. The maximum Gasteiger partial charge on any atom is 0.418 e. The molecule has 0 saturated carbocycles. The molecule has 2 rings (SSSR count). The molecule has 2 aromatic rings. The van der Waals surface area contributed by atoms with E-state index in [9.17, 15) is 22.4 Å². The van der Waals surface area contributed by atoms with Crippen LogP contribution in [0.25, 0.3) is 6.08 Å². The van der Waals surface area contributed by atoms with Crippen LogP contribution in [0, 0.1) is 5.82 Å². The number of benzene rings is 2. The number of para-hydroxylation sites is 1. The van der Waals surface area contributed by atoms with Gasteiger partial charge in [-0.15, -0.1) is 0 Å². The van der Waals surface area contributed by atoms with Crippen molar-refractivity contribution in [3.05, 3.63) is 71.7 Å². The molecular weight excluding hydrogens is 312 g/mol. The van der Waals surface area contributed by atoms with Crippen molar-refractivity contribution in [2.75, 3.05) is 5.32 Å². The normalized spacial score (nSPS) is 11.5. The Morgan fingerprint density at radius 2 is 1.78 bits per heavy atom. The lowest BCUT2D eigenvalue weighted by Gasteiger charge is -2.13.